The summed E-state index contributed by atoms with van der Waals surface area (Å²) in [7, 11) is 1.56. The highest BCUT2D eigenvalue weighted by atomic mass is 16.5. The van der Waals surface area contributed by atoms with Gasteiger partial charge in [-0.25, -0.2) is 0 Å². The van der Waals surface area contributed by atoms with Gasteiger partial charge >= 0.3 is 0 Å². The maximum Gasteiger partial charge on any atom is 0.295 e. The lowest BCUT2D eigenvalue weighted by atomic mass is 9.95. The molecule has 2 aromatic carbocycles. The van der Waals surface area contributed by atoms with Crippen LogP contribution in [-0.4, -0.2) is 73.0 Å². The number of rotatable bonds is 6. The van der Waals surface area contributed by atoms with Crippen LogP contribution in [-0.2, 0) is 9.59 Å². The highest BCUT2D eigenvalue weighted by molar-refractivity contribution is 6.46. The molecule has 7 heteroatoms. The Balaban J connectivity index is 1.70. The number of piperazine rings is 1. The Morgan fingerprint density at radius 2 is 1.71 bits per heavy atom. The van der Waals surface area contributed by atoms with Crippen molar-refractivity contribution in [3.8, 4) is 5.75 Å². The van der Waals surface area contributed by atoms with E-state index in [1.807, 2.05) is 30.3 Å². The molecule has 1 amide bonds. The fourth-order valence-corrected chi connectivity index (χ4v) is 4.18. The van der Waals surface area contributed by atoms with Gasteiger partial charge in [-0.05, 0) is 29.8 Å². The number of nitrogens with one attached hydrogen (secondary N) is 1. The van der Waals surface area contributed by atoms with Gasteiger partial charge in [0.05, 0.1) is 18.7 Å². The van der Waals surface area contributed by atoms with Crippen LogP contribution in [0.1, 0.15) is 17.2 Å². The van der Waals surface area contributed by atoms with Crippen molar-refractivity contribution in [2.45, 2.75) is 6.04 Å². The second-order valence-corrected chi connectivity index (χ2v) is 7.72. The molecule has 2 N–H and O–H groups in total. The molecule has 2 aliphatic rings. The van der Waals surface area contributed by atoms with Crippen LogP contribution >= 0.6 is 0 Å². The Bertz CT molecular complexity index is 966. The van der Waals surface area contributed by atoms with E-state index in [4.69, 9.17) is 4.74 Å². The highest BCUT2D eigenvalue weighted by Crippen LogP contribution is 2.39. The first kappa shape index (κ1) is 21.1. The molecule has 2 aliphatic heterocycles. The molecule has 31 heavy (non-hydrogen) atoms. The average Bonchev–Trinajstić information content (AvgIpc) is 3.08. The van der Waals surface area contributed by atoms with Crippen molar-refractivity contribution < 1.29 is 19.4 Å². The lowest BCUT2D eigenvalue weighted by Crippen LogP contribution is -2.46. The number of carbonyl (C=O) groups is 2. The summed E-state index contributed by atoms with van der Waals surface area (Å²) >= 11 is 0. The molecular weight excluding hydrogens is 394 g/mol. The lowest BCUT2D eigenvalue weighted by molar-refractivity contribution is -0.140. The Labute approximate surface area is 181 Å². The van der Waals surface area contributed by atoms with E-state index >= 15 is 0 Å². The van der Waals surface area contributed by atoms with Crippen LogP contribution in [0.5, 0.6) is 5.75 Å². The SMILES string of the molecule is COc1ccc(C(O)=C2C(=O)C(=O)N(CCN3CCNCC3)C2c2ccccc2)cc1. The third-order valence-corrected chi connectivity index (χ3v) is 5.89. The van der Waals surface area contributed by atoms with Crippen LogP contribution in [0.2, 0.25) is 0 Å². The topological polar surface area (TPSA) is 82.1 Å². The molecule has 0 aliphatic carbocycles. The molecule has 0 radical (unpaired) electrons. The Hall–Kier alpha value is -3.16. The smallest absolute Gasteiger partial charge is 0.295 e. The maximum atomic E-state index is 13.0. The summed E-state index contributed by atoms with van der Waals surface area (Å²) < 4.78 is 5.17. The molecule has 1 atom stereocenters. The number of ether oxygens (including phenoxy) is 1. The summed E-state index contributed by atoms with van der Waals surface area (Å²) in [6, 6.07) is 15.6. The average molecular weight is 421 g/mol. The Kier molecular flexibility index (Phi) is 6.34. The van der Waals surface area contributed by atoms with Crippen LogP contribution < -0.4 is 10.1 Å². The van der Waals surface area contributed by atoms with Gasteiger partial charge in [-0.15, -0.1) is 0 Å². The number of nitrogens with zero attached hydrogens (tertiary/aromatic N) is 2. The van der Waals surface area contributed by atoms with Crippen molar-refractivity contribution in [2.24, 2.45) is 0 Å². The van der Waals surface area contributed by atoms with Crippen molar-refractivity contribution in [3.63, 3.8) is 0 Å². The number of aliphatic hydroxyl groups is 1. The number of methoxy groups -OCH3 is 1. The first-order chi connectivity index (χ1) is 15.1. The number of amides is 1. The van der Waals surface area contributed by atoms with Crippen LogP contribution in [0, 0.1) is 0 Å². The standard InChI is InChI=1S/C24H27N3O4/c1-31-19-9-7-18(8-10-19)22(28)20-21(17-5-3-2-4-6-17)27(24(30)23(20)29)16-15-26-13-11-25-12-14-26/h2-10,21,25,28H,11-16H2,1H3. The van der Waals surface area contributed by atoms with E-state index in [1.54, 1.807) is 36.3 Å². The van der Waals surface area contributed by atoms with E-state index in [2.05, 4.69) is 10.2 Å². The second kappa shape index (κ2) is 9.32. The number of aliphatic hydroxyl groups excluding tert-OH is 1. The molecule has 1 unspecified atom stereocenters. The monoisotopic (exact) mass is 421 g/mol. The lowest BCUT2D eigenvalue weighted by Gasteiger charge is -2.31. The predicted molar refractivity (Wildman–Crippen MR) is 118 cm³/mol. The first-order valence-electron chi connectivity index (χ1n) is 10.5. The number of hydrogen-bond donors (Lipinski definition) is 2. The van der Waals surface area contributed by atoms with Crippen molar-refractivity contribution in [3.05, 3.63) is 71.3 Å². The van der Waals surface area contributed by atoms with Gasteiger partial charge in [-0.3, -0.25) is 14.5 Å². The zero-order valence-electron chi connectivity index (χ0n) is 17.6. The Morgan fingerprint density at radius 3 is 2.35 bits per heavy atom. The van der Waals surface area contributed by atoms with Gasteiger partial charge in [-0.2, -0.15) is 0 Å². The summed E-state index contributed by atoms with van der Waals surface area (Å²) in [6.45, 7) is 4.75. The van der Waals surface area contributed by atoms with Gasteiger partial charge in [0.1, 0.15) is 11.5 Å². The van der Waals surface area contributed by atoms with Gasteiger partial charge in [0.2, 0.25) is 0 Å². The summed E-state index contributed by atoms with van der Waals surface area (Å²) in [5, 5.41) is 14.4. The molecule has 0 aromatic heterocycles. The highest BCUT2D eigenvalue weighted by Gasteiger charge is 2.45. The van der Waals surface area contributed by atoms with Crippen molar-refractivity contribution in [1.29, 1.82) is 0 Å². The second-order valence-electron chi connectivity index (χ2n) is 7.72. The van der Waals surface area contributed by atoms with Crippen LogP contribution in [0.25, 0.3) is 5.76 Å². The molecule has 0 saturated carbocycles. The maximum absolute atomic E-state index is 13.0. The molecule has 7 nitrogen and oxygen atoms in total. The molecule has 0 spiro atoms. The molecule has 162 valence electrons. The molecule has 2 heterocycles. The van der Waals surface area contributed by atoms with Gasteiger partial charge < -0.3 is 20.1 Å². The van der Waals surface area contributed by atoms with E-state index in [0.29, 0.717) is 24.4 Å². The van der Waals surface area contributed by atoms with Crippen LogP contribution in [0.4, 0.5) is 0 Å². The number of hydrogen-bond acceptors (Lipinski definition) is 6. The molecule has 0 bridgehead atoms. The number of Topliss-reactive ketones (excluding diaryl/α,β-unsaturated/α-hetero) is 1. The van der Waals surface area contributed by atoms with Crippen molar-refractivity contribution >= 4 is 17.4 Å². The van der Waals surface area contributed by atoms with Gasteiger partial charge in [-0.1, -0.05) is 30.3 Å². The molecule has 2 aromatic rings. The van der Waals surface area contributed by atoms with Gasteiger partial charge in [0.15, 0.2) is 0 Å². The minimum Gasteiger partial charge on any atom is -0.507 e. The van der Waals surface area contributed by atoms with E-state index in [1.165, 1.54) is 0 Å². The quantitative estimate of drug-likeness (QED) is 0.422. The zero-order chi connectivity index (χ0) is 21.8. The summed E-state index contributed by atoms with van der Waals surface area (Å²) in [4.78, 5) is 29.9. The van der Waals surface area contributed by atoms with Crippen LogP contribution in [0.3, 0.4) is 0 Å². The largest absolute Gasteiger partial charge is 0.507 e. The summed E-state index contributed by atoms with van der Waals surface area (Å²) in [6.07, 6.45) is 0. The van der Waals surface area contributed by atoms with Crippen molar-refractivity contribution in [2.75, 3.05) is 46.4 Å². The van der Waals surface area contributed by atoms with Gasteiger partial charge in [0.25, 0.3) is 11.7 Å². The van der Waals surface area contributed by atoms with E-state index in [9.17, 15) is 14.7 Å². The first-order valence-corrected chi connectivity index (χ1v) is 10.5. The number of likely N-dealkylation sites (tertiary alicyclic amines) is 1. The minimum atomic E-state index is -0.650. The zero-order valence-corrected chi connectivity index (χ0v) is 17.6. The Morgan fingerprint density at radius 1 is 1.03 bits per heavy atom. The van der Waals surface area contributed by atoms with E-state index < -0.39 is 17.7 Å². The molecule has 4 rings (SSSR count). The third kappa shape index (κ3) is 4.33. The number of ketones is 1. The third-order valence-electron chi connectivity index (χ3n) is 5.89. The molecular formula is C24H27N3O4. The minimum absolute atomic E-state index is 0.127. The van der Waals surface area contributed by atoms with E-state index in [0.717, 1.165) is 31.7 Å². The molecule has 2 fully saturated rings. The van der Waals surface area contributed by atoms with Crippen molar-refractivity contribution in [1.82, 2.24) is 15.1 Å². The normalized spacial score (nSPS) is 21.5. The predicted octanol–water partition coefficient (Wildman–Crippen LogP) is 2.02. The molecule has 2 saturated heterocycles. The summed E-state index contributed by atoms with van der Waals surface area (Å²) in [5.41, 5.74) is 1.40. The summed E-state index contributed by atoms with van der Waals surface area (Å²) in [5.74, 6) is -0.742. The fraction of sp³-hybridized carbons (Fsp3) is 0.333. The number of benzene rings is 2. The number of carbonyl (C=O) groups excluding carboxylic acids is 2. The van der Waals surface area contributed by atoms with Crippen LogP contribution in [0.15, 0.2) is 60.2 Å². The van der Waals surface area contributed by atoms with E-state index in [-0.39, 0.29) is 11.3 Å². The van der Waals surface area contributed by atoms with Gasteiger partial charge in [0, 0.05) is 44.8 Å². The fourth-order valence-electron chi connectivity index (χ4n) is 4.18.